The Morgan fingerprint density at radius 1 is 1.30 bits per heavy atom. The van der Waals surface area contributed by atoms with E-state index in [4.69, 9.17) is 21.9 Å². The van der Waals surface area contributed by atoms with Gasteiger partial charge in [-0.05, 0) is 18.2 Å². The number of hydrogen-bond donors (Lipinski definition) is 2. The molecule has 0 saturated carbocycles. The van der Waals surface area contributed by atoms with Crippen LogP contribution in [0.5, 0.6) is 0 Å². The van der Waals surface area contributed by atoms with E-state index >= 15 is 0 Å². The molecule has 1 aromatic rings. The Morgan fingerprint density at radius 3 is 2.35 bits per heavy atom. The Balaban J connectivity index is 3.12. The first-order valence-corrected chi connectivity index (χ1v) is 9.01. The van der Waals surface area contributed by atoms with Crippen LogP contribution in [0.4, 0.5) is 5.69 Å². The molecule has 0 atom stereocenters. The van der Waals surface area contributed by atoms with E-state index in [0.717, 1.165) is 4.31 Å². The third-order valence-electron chi connectivity index (χ3n) is 2.53. The molecule has 0 bridgehead atoms. The second kappa shape index (κ2) is 6.27. The molecule has 0 radical (unpaired) electrons. The number of nitrogens with two attached hydrogens (primary N) is 1. The molecule has 20 heavy (non-hydrogen) atoms. The Labute approximate surface area is 123 Å². The van der Waals surface area contributed by atoms with E-state index in [1.807, 2.05) is 0 Å². The maximum absolute atomic E-state index is 12.3. The number of sulfonamides is 1. The molecule has 0 aromatic heterocycles. The van der Waals surface area contributed by atoms with Crippen molar-refractivity contribution in [1.82, 2.24) is 4.31 Å². The highest BCUT2D eigenvalue weighted by Gasteiger charge is 2.26. The van der Waals surface area contributed by atoms with E-state index in [1.165, 1.54) is 18.2 Å². The first-order chi connectivity index (χ1) is 9.08. The van der Waals surface area contributed by atoms with Crippen LogP contribution in [-0.4, -0.2) is 44.5 Å². The van der Waals surface area contributed by atoms with E-state index in [0.29, 0.717) is 5.69 Å². The zero-order chi connectivity index (χ0) is 15.6. The summed E-state index contributed by atoms with van der Waals surface area (Å²) in [6, 6.07) is 3.93. The van der Waals surface area contributed by atoms with Crippen LogP contribution in [0.15, 0.2) is 23.1 Å². The van der Waals surface area contributed by atoms with E-state index in [-0.39, 0.29) is 23.0 Å². The molecule has 3 N–H and O–H groups in total. The lowest BCUT2D eigenvalue weighted by molar-refractivity contribution is 0.432. The van der Waals surface area contributed by atoms with Gasteiger partial charge in [-0.1, -0.05) is 18.5 Å². The number of rotatable bonds is 6. The topological polar surface area (TPSA) is 118 Å². The number of nitrogen functional groups attached to an aromatic ring is 1. The van der Waals surface area contributed by atoms with Gasteiger partial charge < -0.3 is 5.73 Å². The number of nitrogens with zero attached hydrogens (tertiary/aromatic N) is 1. The maximum atomic E-state index is 12.3. The molecule has 114 valence electrons. The summed E-state index contributed by atoms with van der Waals surface area (Å²) in [7, 11) is -8.20. The quantitative estimate of drug-likeness (QED) is 0.583. The molecule has 0 spiro atoms. The molecule has 0 aliphatic carbocycles. The van der Waals surface area contributed by atoms with Crippen LogP contribution in [0.2, 0.25) is 5.02 Å². The van der Waals surface area contributed by atoms with Crippen LogP contribution in [0.1, 0.15) is 6.92 Å². The lowest BCUT2D eigenvalue weighted by Gasteiger charge is -2.20. The second-order valence-electron chi connectivity index (χ2n) is 3.97. The largest absolute Gasteiger partial charge is 0.399 e. The molecule has 0 amide bonds. The summed E-state index contributed by atoms with van der Waals surface area (Å²) in [6.07, 6.45) is 0. The molecule has 7 nitrogen and oxygen atoms in total. The molecule has 0 aliphatic rings. The van der Waals surface area contributed by atoms with Crippen LogP contribution < -0.4 is 5.73 Å². The lowest BCUT2D eigenvalue weighted by atomic mass is 10.3. The highest BCUT2D eigenvalue weighted by Crippen LogP contribution is 2.26. The predicted octanol–water partition coefficient (Wildman–Crippen LogP) is 0.821. The average Bonchev–Trinajstić information content (AvgIpc) is 2.27. The van der Waals surface area contributed by atoms with Crippen molar-refractivity contribution in [1.29, 1.82) is 0 Å². The minimum Gasteiger partial charge on any atom is -0.399 e. The molecule has 0 heterocycles. The van der Waals surface area contributed by atoms with Crippen molar-refractivity contribution in [3.8, 4) is 0 Å². The first kappa shape index (κ1) is 17.2. The van der Waals surface area contributed by atoms with E-state index in [1.54, 1.807) is 6.92 Å². The van der Waals surface area contributed by atoms with Gasteiger partial charge in [0.25, 0.3) is 10.1 Å². The fourth-order valence-corrected chi connectivity index (χ4v) is 4.07. The van der Waals surface area contributed by atoms with Gasteiger partial charge in [0.15, 0.2) is 0 Å². The van der Waals surface area contributed by atoms with Crippen LogP contribution in [0.3, 0.4) is 0 Å². The van der Waals surface area contributed by atoms with Gasteiger partial charge in [-0.15, -0.1) is 0 Å². The summed E-state index contributed by atoms with van der Waals surface area (Å²) >= 11 is 5.85. The average molecular weight is 343 g/mol. The Hall–Kier alpha value is -0.870. The van der Waals surface area contributed by atoms with Crippen LogP contribution in [0, 0.1) is 0 Å². The van der Waals surface area contributed by atoms with Crippen LogP contribution in [0.25, 0.3) is 0 Å². The predicted molar refractivity (Wildman–Crippen MR) is 76.7 cm³/mol. The fraction of sp³-hybridized carbons (Fsp3) is 0.400. The van der Waals surface area contributed by atoms with Gasteiger partial charge in [0, 0.05) is 18.8 Å². The van der Waals surface area contributed by atoms with Crippen molar-refractivity contribution in [2.24, 2.45) is 0 Å². The number of benzene rings is 1. The van der Waals surface area contributed by atoms with E-state index in [9.17, 15) is 16.8 Å². The van der Waals surface area contributed by atoms with Crippen molar-refractivity contribution in [3.63, 3.8) is 0 Å². The highest BCUT2D eigenvalue weighted by atomic mass is 35.5. The SMILES string of the molecule is CCN(CCS(=O)(=O)O)S(=O)(=O)c1ccc(N)cc1Cl. The van der Waals surface area contributed by atoms with E-state index in [2.05, 4.69) is 0 Å². The summed E-state index contributed by atoms with van der Waals surface area (Å²) in [5.41, 5.74) is 5.80. The van der Waals surface area contributed by atoms with Crippen LogP contribution in [-0.2, 0) is 20.1 Å². The Bertz CT molecular complexity index is 688. The van der Waals surface area contributed by atoms with Crippen molar-refractivity contribution in [3.05, 3.63) is 23.2 Å². The summed E-state index contributed by atoms with van der Waals surface area (Å²) in [4.78, 5) is -0.162. The molecule has 10 heteroatoms. The van der Waals surface area contributed by atoms with Crippen molar-refractivity contribution in [2.75, 3.05) is 24.6 Å². The normalized spacial score (nSPS) is 12.8. The number of hydrogen-bond acceptors (Lipinski definition) is 5. The first-order valence-electron chi connectivity index (χ1n) is 5.58. The molecule has 0 unspecified atom stereocenters. The second-order valence-corrected chi connectivity index (χ2v) is 7.86. The van der Waals surface area contributed by atoms with Gasteiger partial charge >= 0.3 is 0 Å². The minimum absolute atomic E-state index is 0.0402. The number of halogens is 1. The smallest absolute Gasteiger partial charge is 0.266 e. The summed E-state index contributed by atoms with van der Waals surface area (Å²) < 4.78 is 55.7. The zero-order valence-electron chi connectivity index (χ0n) is 10.7. The van der Waals surface area contributed by atoms with Gasteiger partial charge in [-0.25, -0.2) is 8.42 Å². The fourth-order valence-electron chi connectivity index (χ4n) is 1.53. The van der Waals surface area contributed by atoms with Crippen LogP contribution >= 0.6 is 11.6 Å². The van der Waals surface area contributed by atoms with Gasteiger partial charge in [0.1, 0.15) is 4.90 Å². The molecular weight excluding hydrogens is 328 g/mol. The molecule has 1 aromatic carbocycles. The molecular formula is C10H15ClN2O5S2. The molecule has 0 saturated heterocycles. The van der Waals surface area contributed by atoms with Gasteiger partial charge in [-0.2, -0.15) is 12.7 Å². The summed E-state index contributed by atoms with van der Waals surface area (Å²) in [5, 5.41) is -0.0460. The van der Waals surface area contributed by atoms with Gasteiger partial charge in [0.05, 0.1) is 10.8 Å². The van der Waals surface area contributed by atoms with Crippen molar-refractivity contribution < 1.29 is 21.4 Å². The lowest BCUT2D eigenvalue weighted by Crippen LogP contribution is -2.35. The zero-order valence-corrected chi connectivity index (χ0v) is 13.0. The summed E-state index contributed by atoms with van der Waals surface area (Å²) in [5.74, 6) is -0.688. The van der Waals surface area contributed by atoms with Gasteiger partial charge in [-0.3, -0.25) is 4.55 Å². The van der Waals surface area contributed by atoms with Gasteiger partial charge in [0.2, 0.25) is 10.0 Å². The van der Waals surface area contributed by atoms with Crippen molar-refractivity contribution in [2.45, 2.75) is 11.8 Å². The van der Waals surface area contributed by atoms with Crippen molar-refractivity contribution >= 4 is 37.4 Å². The Morgan fingerprint density at radius 2 is 1.90 bits per heavy atom. The molecule has 1 rings (SSSR count). The molecule has 0 aliphatic heterocycles. The molecule has 0 fully saturated rings. The van der Waals surface area contributed by atoms with E-state index < -0.39 is 25.9 Å². The standard InChI is InChI=1S/C10H15ClN2O5S2/c1-2-13(5-6-19(14,15)16)20(17,18)10-4-3-8(12)7-9(10)11/h3-4,7H,2,5-6,12H2,1H3,(H,14,15,16). The monoisotopic (exact) mass is 342 g/mol. The number of anilines is 1. The highest BCUT2D eigenvalue weighted by molar-refractivity contribution is 7.89. The maximum Gasteiger partial charge on any atom is 0.266 e. The third kappa shape index (κ3) is 4.32. The summed E-state index contributed by atoms with van der Waals surface area (Å²) in [6.45, 7) is 1.23. The third-order valence-corrected chi connectivity index (χ3v) is 5.68. The minimum atomic E-state index is -4.25. The Kier molecular flexibility index (Phi) is 5.39.